The minimum Gasteiger partial charge on any atom is -0.448 e. The average molecular weight is 290 g/mol. The predicted octanol–water partition coefficient (Wildman–Crippen LogP) is 4.01. The Morgan fingerprint density at radius 3 is 2.80 bits per heavy atom. The highest BCUT2D eigenvalue weighted by Gasteiger charge is 2.43. The van der Waals surface area contributed by atoms with E-state index in [2.05, 4.69) is 10.3 Å². The van der Waals surface area contributed by atoms with Gasteiger partial charge in [0, 0.05) is 18.5 Å². The van der Waals surface area contributed by atoms with E-state index in [1.54, 1.807) is 0 Å². The summed E-state index contributed by atoms with van der Waals surface area (Å²) in [6.45, 7) is 4.57. The zero-order valence-electron chi connectivity index (χ0n) is 11.8. The summed E-state index contributed by atoms with van der Waals surface area (Å²) in [5.74, 6) is -0.744. The van der Waals surface area contributed by atoms with Gasteiger partial charge in [-0.3, -0.25) is 0 Å². The molecule has 0 saturated heterocycles. The van der Waals surface area contributed by atoms with Gasteiger partial charge in [0.1, 0.15) is 5.76 Å². The molecule has 0 aliphatic heterocycles. The van der Waals surface area contributed by atoms with Gasteiger partial charge in [-0.05, 0) is 19.3 Å². The van der Waals surface area contributed by atoms with Crippen molar-refractivity contribution in [1.82, 2.24) is 10.3 Å². The van der Waals surface area contributed by atoms with Crippen molar-refractivity contribution >= 4 is 0 Å². The molecule has 2 rings (SSSR count). The minimum absolute atomic E-state index is 0.118. The molecule has 114 valence electrons. The van der Waals surface area contributed by atoms with E-state index in [9.17, 15) is 13.2 Å². The minimum atomic E-state index is -4.10. The Bertz CT molecular complexity index is 428. The first-order valence-corrected chi connectivity index (χ1v) is 7.10. The van der Waals surface area contributed by atoms with Gasteiger partial charge in [0.05, 0.1) is 11.6 Å². The van der Waals surface area contributed by atoms with Crippen LogP contribution < -0.4 is 5.32 Å². The molecule has 2 unspecified atom stereocenters. The van der Waals surface area contributed by atoms with Crippen molar-refractivity contribution in [1.29, 1.82) is 0 Å². The van der Waals surface area contributed by atoms with Crippen molar-refractivity contribution in [3.05, 3.63) is 17.8 Å². The molecule has 0 bridgehead atoms. The van der Waals surface area contributed by atoms with Crippen LogP contribution in [0.15, 0.2) is 10.8 Å². The molecule has 0 radical (unpaired) electrons. The van der Waals surface area contributed by atoms with Crippen molar-refractivity contribution in [2.75, 3.05) is 0 Å². The Morgan fingerprint density at radius 2 is 2.15 bits per heavy atom. The summed E-state index contributed by atoms with van der Waals surface area (Å²) in [4.78, 5) is 4.14. The fourth-order valence-corrected chi connectivity index (χ4v) is 2.77. The van der Waals surface area contributed by atoms with Gasteiger partial charge in [-0.2, -0.15) is 13.2 Å². The van der Waals surface area contributed by atoms with Gasteiger partial charge in [-0.15, -0.1) is 0 Å². The lowest BCUT2D eigenvalue weighted by Crippen LogP contribution is -2.28. The second kappa shape index (κ2) is 6.16. The first kappa shape index (κ1) is 15.4. The molecule has 6 heteroatoms. The number of halogens is 3. The number of oxazole rings is 1. The van der Waals surface area contributed by atoms with Crippen molar-refractivity contribution in [3.8, 4) is 0 Å². The Labute approximate surface area is 117 Å². The number of nitrogens with one attached hydrogen (secondary N) is 1. The van der Waals surface area contributed by atoms with Crippen LogP contribution >= 0.6 is 0 Å². The molecule has 1 saturated carbocycles. The number of nitrogens with zero attached hydrogens (tertiary/aromatic N) is 1. The second-order valence-electron chi connectivity index (χ2n) is 5.80. The summed E-state index contributed by atoms with van der Waals surface area (Å²) in [6.07, 6.45) is -1.08. The summed E-state index contributed by atoms with van der Waals surface area (Å²) in [6, 6.07) is 0.300. The number of rotatable bonds is 4. The highest BCUT2D eigenvalue weighted by molar-refractivity contribution is 5.14. The Morgan fingerprint density at radius 1 is 1.40 bits per heavy atom. The van der Waals surface area contributed by atoms with Gasteiger partial charge >= 0.3 is 6.18 Å². The van der Waals surface area contributed by atoms with Crippen LogP contribution in [0.3, 0.4) is 0 Å². The number of hydrogen-bond donors (Lipinski definition) is 1. The first-order chi connectivity index (χ1) is 9.38. The highest BCUT2D eigenvalue weighted by atomic mass is 19.4. The van der Waals surface area contributed by atoms with Crippen LogP contribution in [0.25, 0.3) is 0 Å². The fourth-order valence-electron chi connectivity index (χ4n) is 2.77. The maximum atomic E-state index is 12.9. The Balaban J connectivity index is 2.06. The lowest BCUT2D eigenvalue weighted by molar-refractivity contribution is -0.183. The van der Waals surface area contributed by atoms with E-state index in [0.717, 1.165) is 12.1 Å². The standard InChI is InChI=1S/C14H21F3N2O/c1-9(2)18-7-12-13(20-8-19-12)10-4-3-5-11(6-10)14(15,16)17/h8-11,18H,3-7H2,1-2H3. The van der Waals surface area contributed by atoms with Gasteiger partial charge in [-0.1, -0.05) is 20.3 Å². The van der Waals surface area contributed by atoms with Crippen LogP contribution in [0.4, 0.5) is 13.2 Å². The van der Waals surface area contributed by atoms with Gasteiger partial charge in [0.2, 0.25) is 0 Å². The lowest BCUT2D eigenvalue weighted by Gasteiger charge is -2.29. The van der Waals surface area contributed by atoms with E-state index in [0.29, 0.717) is 24.8 Å². The van der Waals surface area contributed by atoms with Crippen molar-refractivity contribution in [2.45, 2.75) is 64.2 Å². The van der Waals surface area contributed by atoms with Gasteiger partial charge in [-0.25, -0.2) is 4.98 Å². The zero-order valence-corrected chi connectivity index (χ0v) is 11.8. The van der Waals surface area contributed by atoms with E-state index in [-0.39, 0.29) is 18.8 Å². The highest BCUT2D eigenvalue weighted by Crippen LogP contribution is 2.44. The van der Waals surface area contributed by atoms with Crippen molar-refractivity contribution in [2.24, 2.45) is 5.92 Å². The van der Waals surface area contributed by atoms with E-state index >= 15 is 0 Å². The average Bonchev–Trinajstić information content (AvgIpc) is 2.83. The second-order valence-corrected chi connectivity index (χ2v) is 5.80. The lowest BCUT2D eigenvalue weighted by atomic mass is 9.79. The molecule has 1 aromatic heterocycles. The van der Waals surface area contributed by atoms with Crippen LogP contribution in [-0.4, -0.2) is 17.2 Å². The van der Waals surface area contributed by atoms with Gasteiger partial charge in [0.15, 0.2) is 6.39 Å². The summed E-state index contributed by atoms with van der Waals surface area (Å²) < 4.78 is 43.9. The molecule has 2 atom stereocenters. The normalized spacial score (nSPS) is 24.3. The van der Waals surface area contributed by atoms with E-state index in [1.165, 1.54) is 6.39 Å². The van der Waals surface area contributed by atoms with Crippen molar-refractivity contribution < 1.29 is 17.6 Å². The molecule has 1 aromatic rings. The summed E-state index contributed by atoms with van der Waals surface area (Å²) in [5, 5.41) is 3.22. The van der Waals surface area contributed by atoms with Gasteiger partial charge in [0.25, 0.3) is 0 Å². The predicted molar refractivity (Wildman–Crippen MR) is 69.2 cm³/mol. The smallest absolute Gasteiger partial charge is 0.391 e. The van der Waals surface area contributed by atoms with E-state index in [1.807, 2.05) is 13.8 Å². The van der Waals surface area contributed by atoms with Crippen LogP contribution in [0.1, 0.15) is 56.9 Å². The van der Waals surface area contributed by atoms with E-state index < -0.39 is 12.1 Å². The summed E-state index contributed by atoms with van der Waals surface area (Å²) >= 11 is 0. The van der Waals surface area contributed by atoms with E-state index in [4.69, 9.17) is 4.42 Å². The van der Waals surface area contributed by atoms with Crippen LogP contribution in [0.2, 0.25) is 0 Å². The summed E-state index contributed by atoms with van der Waals surface area (Å²) in [7, 11) is 0. The molecular formula is C14H21F3N2O. The number of alkyl halides is 3. The third kappa shape index (κ3) is 3.75. The molecule has 3 nitrogen and oxygen atoms in total. The fraction of sp³-hybridized carbons (Fsp3) is 0.786. The monoisotopic (exact) mass is 290 g/mol. The maximum absolute atomic E-state index is 12.9. The maximum Gasteiger partial charge on any atom is 0.391 e. The topological polar surface area (TPSA) is 38.1 Å². The molecule has 0 aromatic carbocycles. The van der Waals surface area contributed by atoms with Crippen LogP contribution in [0, 0.1) is 5.92 Å². The van der Waals surface area contributed by atoms with Crippen LogP contribution in [0.5, 0.6) is 0 Å². The molecule has 20 heavy (non-hydrogen) atoms. The third-order valence-corrected chi connectivity index (χ3v) is 3.86. The Hall–Kier alpha value is -1.04. The van der Waals surface area contributed by atoms with Crippen LogP contribution in [-0.2, 0) is 6.54 Å². The first-order valence-electron chi connectivity index (χ1n) is 7.10. The van der Waals surface area contributed by atoms with Gasteiger partial charge < -0.3 is 9.73 Å². The largest absolute Gasteiger partial charge is 0.448 e. The molecule has 1 N–H and O–H groups in total. The Kier molecular flexibility index (Phi) is 4.73. The molecule has 0 amide bonds. The summed E-state index contributed by atoms with van der Waals surface area (Å²) in [5.41, 5.74) is 0.742. The zero-order chi connectivity index (χ0) is 14.8. The third-order valence-electron chi connectivity index (χ3n) is 3.86. The quantitative estimate of drug-likeness (QED) is 0.910. The molecule has 1 aliphatic carbocycles. The molecule has 1 aliphatic rings. The number of hydrogen-bond acceptors (Lipinski definition) is 3. The molecule has 1 fully saturated rings. The van der Waals surface area contributed by atoms with Crippen molar-refractivity contribution in [3.63, 3.8) is 0 Å². The SMILES string of the molecule is CC(C)NCc1ncoc1C1CCCC(C(F)(F)F)C1. The molecule has 1 heterocycles. The number of aromatic nitrogens is 1. The molecular weight excluding hydrogens is 269 g/mol. The molecule has 0 spiro atoms.